The van der Waals surface area contributed by atoms with Gasteiger partial charge in [0.25, 0.3) is 5.91 Å². The topological polar surface area (TPSA) is 74.2 Å². The molecule has 6 heteroatoms. The first-order valence-corrected chi connectivity index (χ1v) is 7.67. The van der Waals surface area contributed by atoms with Crippen LogP contribution in [0.4, 0.5) is 0 Å². The second-order valence-corrected chi connectivity index (χ2v) is 5.50. The number of ether oxygens (including phenoxy) is 1. The molecule has 1 unspecified atom stereocenters. The first-order valence-electron chi connectivity index (χ1n) is 6.87. The van der Waals surface area contributed by atoms with Crippen LogP contribution in [0.2, 0.25) is 0 Å². The Hall–Kier alpha value is -1.58. The normalized spacial score (nSPS) is 11.5. The third-order valence-electron chi connectivity index (χ3n) is 2.86. The molecule has 2 N–H and O–H groups in total. The van der Waals surface area contributed by atoms with Gasteiger partial charge in [0.1, 0.15) is 12.3 Å². The maximum absolute atomic E-state index is 11.5. The summed E-state index contributed by atoms with van der Waals surface area (Å²) in [5, 5.41) is 14.3. The molecule has 0 radical (unpaired) electrons. The van der Waals surface area contributed by atoms with Crippen LogP contribution in [0.3, 0.4) is 0 Å². The van der Waals surface area contributed by atoms with Crippen molar-refractivity contribution in [1.29, 1.82) is 5.26 Å². The molecule has 1 aromatic carbocycles. The Morgan fingerprint density at radius 2 is 2.29 bits per heavy atom. The third kappa shape index (κ3) is 6.15. The van der Waals surface area contributed by atoms with Crippen LogP contribution in [0.5, 0.6) is 5.75 Å². The molecule has 114 valence electrons. The lowest BCUT2D eigenvalue weighted by molar-refractivity contribution is -0.122. The van der Waals surface area contributed by atoms with Crippen LogP contribution in [-0.2, 0) is 4.79 Å². The number of benzene rings is 1. The number of carbonyl (C=O) groups is 1. The van der Waals surface area contributed by atoms with Crippen LogP contribution >= 0.6 is 15.9 Å². The minimum atomic E-state index is -0.306. The van der Waals surface area contributed by atoms with Crippen LogP contribution in [0.25, 0.3) is 0 Å². The highest BCUT2D eigenvalue weighted by atomic mass is 79.9. The van der Waals surface area contributed by atoms with E-state index in [1.807, 2.05) is 24.3 Å². The monoisotopic (exact) mass is 353 g/mol. The fraction of sp³-hybridized carbons (Fsp3) is 0.467. The van der Waals surface area contributed by atoms with Crippen molar-refractivity contribution in [2.45, 2.75) is 26.3 Å². The van der Waals surface area contributed by atoms with Crippen LogP contribution in [0, 0.1) is 11.3 Å². The Morgan fingerprint density at radius 1 is 1.52 bits per heavy atom. The molecule has 1 aromatic rings. The van der Waals surface area contributed by atoms with E-state index in [0.29, 0.717) is 5.75 Å². The van der Waals surface area contributed by atoms with E-state index in [2.05, 4.69) is 40.4 Å². The number of hydrogen-bond acceptors (Lipinski definition) is 4. The van der Waals surface area contributed by atoms with Crippen LogP contribution in [0.15, 0.2) is 22.7 Å². The number of carbonyl (C=O) groups excluding carboxylic acids is 1. The maximum atomic E-state index is 11.5. The van der Waals surface area contributed by atoms with Gasteiger partial charge in [-0.05, 0) is 38.1 Å². The summed E-state index contributed by atoms with van der Waals surface area (Å²) in [6.07, 6.45) is 1.05. The minimum absolute atomic E-state index is 0.0101. The summed E-state index contributed by atoms with van der Waals surface area (Å²) in [6.45, 7) is 4.97. The van der Waals surface area contributed by atoms with E-state index in [4.69, 9.17) is 10.00 Å². The number of rotatable bonds is 8. The van der Waals surface area contributed by atoms with E-state index in [1.165, 1.54) is 0 Å². The first kappa shape index (κ1) is 17.5. The molecular formula is C15H20BrN3O2. The number of amides is 1. The Labute approximate surface area is 133 Å². The zero-order chi connectivity index (χ0) is 15.7. The summed E-state index contributed by atoms with van der Waals surface area (Å²) in [6, 6.07) is 7.67. The second-order valence-electron chi connectivity index (χ2n) is 4.58. The quantitative estimate of drug-likeness (QED) is 0.704. The summed E-state index contributed by atoms with van der Waals surface area (Å²) in [5.41, 5.74) is 0.992. The largest absolute Gasteiger partial charge is 0.483 e. The molecule has 1 rings (SSSR count). The summed E-state index contributed by atoms with van der Waals surface area (Å²) in [4.78, 5) is 11.5. The van der Waals surface area contributed by atoms with Crippen molar-refractivity contribution in [2.24, 2.45) is 0 Å². The number of nitriles is 1. The third-order valence-corrected chi connectivity index (χ3v) is 3.36. The van der Waals surface area contributed by atoms with Gasteiger partial charge in [0, 0.05) is 16.1 Å². The number of nitrogens with one attached hydrogen (secondary N) is 2. The van der Waals surface area contributed by atoms with Gasteiger partial charge in [-0.2, -0.15) is 5.26 Å². The van der Waals surface area contributed by atoms with Gasteiger partial charge in [-0.15, -0.1) is 0 Å². The molecule has 0 spiro atoms. The lowest BCUT2D eigenvalue weighted by atomic mass is 10.1. The van der Waals surface area contributed by atoms with E-state index >= 15 is 0 Å². The number of halogens is 1. The molecule has 0 saturated heterocycles. The van der Waals surface area contributed by atoms with E-state index in [1.54, 1.807) is 0 Å². The van der Waals surface area contributed by atoms with Gasteiger partial charge in [-0.3, -0.25) is 4.79 Å². The van der Waals surface area contributed by atoms with Gasteiger partial charge < -0.3 is 15.4 Å². The average molecular weight is 354 g/mol. The molecule has 0 aliphatic heterocycles. The van der Waals surface area contributed by atoms with Gasteiger partial charge >= 0.3 is 0 Å². The van der Waals surface area contributed by atoms with Gasteiger partial charge in [-0.25, -0.2) is 0 Å². The number of hydrogen-bond donors (Lipinski definition) is 2. The summed E-state index contributed by atoms with van der Waals surface area (Å²) in [7, 11) is 0. The number of nitrogens with zero attached hydrogens (tertiary/aromatic N) is 1. The highest BCUT2D eigenvalue weighted by Gasteiger charge is 2.13. The zero-order valence-corrected chi connectivity index (χ0v) is 13.9. The van der Waals surface area contributed by atoms with E-state index in [9.17, 15) is 4.79 Å². The minimum Gasteiger partial charge on any atom is -0.483 e. The molecule has 0 aromatic heterocycles. The van der Waals surface area contributed by atoms with Gasteiger partial charge in [-0.1, -0.05) is 22.9 Å². The molecule has 1 amide bonds. The average Bonchev–Trinajstić information content (AvgIpc) is 2.49. The Kier molecular flexibility index (Phi) is 7.80. The van der Waals surface area contributed by atoms with Crippen molar-refractivity contribution in [1.82, 2.24) is 10.6 Å². The fourth-order valence-corrected chi connectivity index (χ4v) is 2.17. The second kappa shape index (κ2) is 9.37. The predicted octanol–water partition coefficient (Wildman–Crippen LogP) is 2.53. The molecule has 0 fully saturated rings. The molecular weight excluding hydrogens is 334 g/mol. The van der Waals surface area contributed by atoms with E-state index in [-0.39, 0.29) is 25.1 Å². The van der Waals surface area contributed by atoms with Crippen LogP contribution < -0.4 is 15.4 Å². The lowest BCUT2D eigenvalue weighted by Gasteiger charge is -2.18. The molecule has 0 heterocycles. The SMILES string of the molecule is CCCNC(C)c1cc(Br)ccc1OCC(=O)NCC#N. The highest BCUT2D eigenvalue weighted by molar-refractivity contribution is 9.10. The van der Waals surface area contributed by atoms with Crippen molar-refractivity contribution >= 4 is 21.8 Å². The zero-order valence-electron chi connectivity index (χ0n) is 12.3. The predicted molar refractivity (Wildman–Crippen MR) is 85.0 cm³/mol. The van der Waals surface area contributed by atoms with Crippen LogP contribution in [-0.4, -0.2) is 25.6 Å². The van der Waals surface area contributed by atoms with Crippen molar-refractivity contribution in [3.8, 4) is 11.8 Å². The highest BCUT2D eigenvalue weighted by Crippen LogP contribution is 2.28. The maximum Gasteiger partial charge on any atom is 0.258 e. The lowest BCUT2D eigenvalue weighted by Crippen LogP contribution is -2.29. The molecule has 0 aliphatic rings. The van der Waals surface area contributed by atoms with Crippen molar-refractivity contribution in [3.05, 3.63) is 28.2 Å². The Bertz CT molecular complexity index is 514. The van der Waals surface area contributed by atoms with Gasteiger partial charge in [0.15, 0.2) is 6.61 Å². The molecule has 21 heavy (non-hydrogen) atoms. The molecule has 0 saturated carbocycles. The first-order chi connectivity index (χ1) is 10.1. The molecule has 0 bridgehead atoms. The smallest absolute Gasteiger partial charge is 0.258 e. The fourth-order valence-electron chi connectivity index (χ4n) is 1.79. The summed E-state index contributed by atoms with van der Waals surface area (Å²) >= 11 is 3.45. The summed E-state index contributed by atoms with van der Waals surface area (Å²) < 4.78 is 6.53. The van der Waals surface area contributed by atoms with E-state index in [0.717, 1.165) is 23.0 Å². The molecule has 0 aliphatic carbocycles. The van der Waals surface area contributed by atoms with Gasteiger partial charge in [0.2, 0.25) is 0 Å². The summed E-state index contributed by atoms with van der Waals surface area (Å²) in [5.74, 6) is 0.362. The Balaban J connectivity index is 2.72. The van der Waals surface area contributed by atoms with Gasteiger partial charge in [0.05, 0.1) is 6.07 Å². The van der Waals surface area contributed by atoms with Crippen molar-refractivity contribution in [2.75, 3.05) is 19.7 Å². The molecule has 5 nitrogen and oxygen atoms in total. The molecule has 1 atom stereocenters. The van der Waals surface area contributed by atoms with Crippen LogP contribution in [0.1, 0.15) is 31.9 Å². The van der Waals surface area contributed by atoms with E-state index < -0.39 is 0 Å². The van der Waals surface area contributed by atoms with Crippen molar-refractivity contribution < 1.29 is 9.53 Å². The van der Waals surface area contributed by atoms with Crippen molar-refractivity contribution in [3.63, 3.8) is 0 Å². The standard InChI is InChI=1S/C15H20BrN3O2/c1-3-7-18-11(2)13-9-12(16)4-5-14(13)21-10-15(20)19-8-6-17/h4-5,9,11,18H,3,7-8,10H2,1-2H3,(H,19,20). The Morgan fingerprint density at radius 3 is 2.95 bits per heavy atom.